The Labute approximate surface area is 164 Å². The van der Waals surface area contributed by atoms with Crippen LogP contribution in [-0.4, -0.2) is 66.1 Å². The van der Waals surface area contributed by atoms with E-state index in [9.17, 15) is 9.59 Å². The average molecular weight is 380 g/mol. The minimum Gasteiger partial charge on any atom is -0.482 e. The molecule has 1 amide bonds. The van der Waals surface area contributed by atoms with Crippen LogP contribution in [0.5, 0.6) is 5.75 Å². The topological polar surface area (TPSA) is 70.1 Å². The Morgan fingerprint density at radius 1 is 0.964 bits per heavy atom. The molecular formula is C22H24N2O4. The van der Waals surface area contributed by atoms with Gasteiger partial charge in [-0.15, -0.1) is 0 Å². The second-order valence-electron chi connectivity index (χ2n) is 6.61. The largest absolute Gasteiger partial charge is 0.482 e. The summed E-state index contributed by atoms with van der Waals surface area (Å²) in [6.45, 7) is 3.53. The maximum atomic E-state index is 12.6. The van der Waals surface area contributed by atoms with Gasteiger partial charge in [0.1, 0.15) is 5.75 Å². The Balaban J connectivity index is 1.45. The van der Waals surface area contributed by atoms with Crippen LogP contribution in [0.4, 0.5) is 0 Å². The van der Waals surface area contributed by atoms with Gasteiger partial charge in [-0.1, -0.05) is 42.5 Å². The van der Waals surface area contributed by atoms with Crippen LogP contribution in [0.15, 0.2) is 60.7 Å². The van der Waals surface area contributed by atoms with Gasteiger partial charge in [0.15, 0.2) is 6.61 Å². The first-order valence-corrected chi connectivity index (χ1v) is 9.30. The minimum atomic E-state index is -1.03. The molecule has 1 aliphatic rings. The van der Waals surface area contributed by atoms with Crippen LogP contribution in [0, 0.1) is 0 Å². The number of piperazine rings is 1. The standard InChI is InChI=1S/C22H24N2O4/c25-21(26)17-28-20-10-8-19(9-11-20)22(27)24-15-13-23(14-16-24)12-4-7-18-5-2-1-3-6-18/h1-11H,12-17H2,(H,25,26)/b7-4+. The van der Waals surface area contributed by atoms with E-state index in [-0.39, 0.29) is 5.91 Å². The second-order valence-corrected chi connectivity index (χ2v) is 6.61. The van der Waals surface area contributed by atoms with E-state index in [4.69, 9.17) is 9.84 Å². The van der Waals surface area contributed by atoms with Gasteiger partial charge in [-0.05, 0) is 29.8 Å². The third-order valence-corrected chi connectivity index (χ3v) is 4.60. The molecule has 0 atom stereocenters. The maximum absolute atomic E-state index is 12.6. The maximum Gasteiger partial charge on any atom is 0.341 e. The minimum absolute atomic E-state index is 0.00994. The van der Waals surface area contributed by atoms with E-state index >= 15 is 0 Å². The van der Waals surface area contributed by atoms with Gasteiger partial charge in [-0.2, -0.15) is 0 Å². The molecule has 1 aliphatic heterocycles. The molecule has 146 valence electrons. The van der Waals surface area contributed by atoms with Crippen LogP contribution in [0.25, 0.3) is 6.08 Å². The van der Waals surface area contributed by atoms with Crippen molar-refractivity contribution in [3.8, 4) is 5.75 Å². The van der Waals surface area contributed by atoms with Gasteiger partial charge in [0.05, 0.1) is 0 Å². The third-order valence-electron chi connectivity index (χ3n) is 4.60. The van der Waals surface area contributed by atoms with Crippen molar-refractivity contribution < 1.29 is 19.4 Å². The Morgan fingerprint density at radius 3 is 2.29 bits per heavy atom. The molecule has 0 aromatic heterocycles. The summed E-state index contributed by atoms with van der Waals surface area (Å²) in [6.07, 6.45) is 4.27. The third kappa shape index (κ3) is 5.69. The Bertz CT molecular complexity index is 810. The van der Waals surface area contributed by atoms with Crippen LogP contribution >= 0.6 is 0 Å². The molecule has 0 spiro atoms. The number of amides is 1. The molecule has 0 aliphatic carbocycles. The fourth-order valence-electron chi connectivity index (χ4n) is 3.06. The average Bonchev–Trinajstić information content (AvgIpc) is 2.73. The summed E-state index contributed by atoms with van der Waals surface area (Å²) < 4.78 is 5.09. The fourth-order valence-corrected chi connectivity index (χ4v) is 3.06. The molecule has 0 bridgehead atoms. The van der Waals surface area contributed by atoms with Crippen LogP contribution < -0.4 is 4.74 Å². The van der Waals surface area contributed by atoms with Gasteiger partial charge in [-0.3, -0.25) is 9.69 Å². The lowest BCUT2D eigenvalue weighted by atomic mass is 10.1. The molecule has 1 heterocycles. The Morgan fingerprint density at radius 2 is 1.64 bits per heavy atom. The van der Waals surface area contributed by atoms with Crippen molar-refractivity contribution in [2.24, 2.45) is 0 Å². The number of benzene rings is 2. The Kier molecular flexibility index (Phi) is 6.81. The molecule has 1 fully saturated rings. The number of aliphatic carboxylic acids is 1. The smallest absolute Gasteiger partial charge is 0.341 e. The molecule has 0 unspecified atom stereocenters. The highest BCUT2D eigenvalue weighted by atomic mass is 16.5. The van der Waals surface area contributed by atoms with Crippen molar-refractivity contribution >= 4 is 18.0 Å². The number of hydrogen-bond donors (Lipinski definition) is 1. The zero-order chi connectivity index (χ0) is 19.8. The number of hydrogen-bond acceptors (Lipinski definition) is 4. The number of carboxylic acids is 1. The van der Waals surface area contributed by atoms with Gasteiger partial charge in [0.25, 0.3) is 5.91 Å². The highest BCUT2D eigenvalue weighted by Gasteiger charge is 2.21. The van der Waals surface area contributed by atoms with E-state index in [0.29, 0.717) is 24.4 Å². The number of carbonyl (C=O) groups excluding carboxylic acids is 1. The molecule has 1 saturated heterocycles. The van der Waals surface area contributed by atoms with E-state index in [0.717, 1.165) is 19.6 Å². The first-order chi connectivity index (χ1) is 13.6. The first-order valence-electron chi connectivity index (χ1n) is 9.30. The van der Waals surface area contributed by atoms with E-state index in [2.05, 4.69) is 29.2 Å². The number of nitrogens with zero attached hydrogens (tertiary/aromatic N) is 2. The van der Waals surface area contributed by atoms with Crippen LogP contribution in [0.2, 0.25) is 0 Å². The molecule has 6 heteroatoms. The number of rotatable bonds is 7. The number of carboxylic acid groups (broad SMARTS) is 1. The lowest BCUT2D eigenvalue weighted by molar-refractivity contribution is -0.139. The number of carbonyl (C=O) groups is 2. The highest BCUT2D eigenvalue weighted by Crippen LogP contribution is 2.15. The van der Waals surface area contributed by atoms with Gasteiger partial charge >= 0.3 is 5.97 Å². The first kappa shape index (κ1) is 19.6. The molecule has 28 heavy (non-hydrogen) atoms. The molecule has 0 radical (unpaired) electrons. The quantitative estimate of drug-likeness (QED) is 0.800. The fraction of sp³-hybridized carbons (Fsp3) is 0.273. The summed E-state index contributed by atoms with van der Waals surface area (Å²) in [5, 5.41) is 8.63. The molecular weight excluding hydrogens is 356 g/mol. The van der Waals surface area contributed by atoms with Crippen molar-refractivity contribution in [3.05, 3.63) is 71.8 Å². The summed E-state index contributed by atoms with van der Waals surface area (Å²) in [6, 6.07) is 16.8. The summed E-state index contributed by atoms with van der Waals surface area (Å²) in [5.74, 6) is -0.602. The zero-order valence-electron chi connectivity index (χ0n) is 15.7. The SMILES string of the molecule is O=C(O)COc1ccc(C(=O)N2CCN(C/C=C/c3ccccc3)CC2)cc1. The molecule has 2 aromatic carbocycles. The van der Waals surface area contributed by atoms with Crippen molar-refractivity contribution in [2.45, 2.75) is 0 Å². The summed E-state index contributed by atoms with van der Waals surface area (Å²) in [7, 11) is 0. The van der Waals surface area contributed by atoms with Crippen LogP contribution in [-0.2, 0) is 4.79 Å². The van der Waals surface area contributed by atoms with Gasteiger partial charge < -0.3 is 14.7 Å². The summed E-state index contributed by atoms with van der Waals surface area (Å²) in [4.78, 5) is 27.3. The van der Waals surface area contributed by atoms with Crippen molar-refractivity contribution in [3.63, 3.8) is 0 Å². The Hall–Kier alpha value is -3.12. The highest BCUT2D eigenvalue weighted by molar-refractivity contribution is 5.94. The zero-order valence-corrected chi connectivity index (χ0v) is 15.7. The van der Waals surface area contributed by atoms with Crippen LogP contribution in [0.1, 0.15) is 15.9 Å². The van der Waals surface area contributed by atoms with Gasteiger partial charge in [0, 0.05) is 38.3 Å². The lowest BCUT2D eigenvalue weighted by Gasteiger charge is -2.34. The second kappa shape index (κ2) is 9.71. The van der Waals surface area contributed by atoms with E-state index in [1.54, 1.807) is 24.3 Å². The number of ether oxygens (including phenoxy) is 1. The molecule has 6 nitrogen and oxygen atoms in total. The predicted molar refractivity (Wildman–Crippen MR) is 107 cm³/mol. The van der Waals surface area contributed by atoms with Crippen molar-refractivity contribution in [1.82, 2.24) is 9.80 Å². The monoisotopic (exact) mass is 380 g/mol. The van der Waals surface area contributed by atoms with Crippen LogP contribution in [0.3, 0.4) is 0 Å². The lowest BCUT2D eigenvalue weighted by Crippen LogP contribution is -2.48. The van der Waals surface area contributed by atoms with Crippen molar-refractivity contribution in [1.29, 1.82) is 0 Å². The molecule has 3 rings (SSSR count). The van der Waals surface area contributed by atoms with E-state index in [1.807, 2.05) is 23.1 Å². The summed E-state index contributed by atoms with van der Waals surface area (Å²) >= 11 is 0. The molecule has 0 saturated carbocycles. The molecule has 2 aromatic rings. The van der Waals surface area contributed by atoms with Crippen molar-refractivity contribution in [2.75, 3.05) is 39.3 Å². The van der Waals surface area contributed by atoms with Gasteiger partial charge in [0.2, 0.25) is 0 Å². The van der Waals surface area contributed by atoms with Gasteiger partial charge in [-0.25, -0.2) is 4.79 Å². The van der Waals surface area contributed by atoms with E-state index in [1.165, 1.54) is 5.56 Å². The molecule has 1 N–H and O–H groups in total. The van der Waals surface area contributed by atoms with E-state index < -0.39 is 12.6 Å². The predicted octanol–water partition coefficient (Wildman–Crippen LogP) is 2.62. The summed E-state index contributed by atoms with van der Waals surface area (Å²) in [5.41, 5.74) is 1.77. The normalized spacial score (nSPS) is 14.9.